The molecule has 1 aromatic heterocycles. The van der Waals surface area contributed by atoms with Gasteiger partial charge in [0.15, 0.2) is 5.78 Å². The molecule has 23 heavy (non-hydrogen) atoms. The molecule has 1 aliphatic rings. The first-order valence-corrected chi connectivity index (χ1v) is 7.74. The van der Waals surface area contributed by atoms with Crippen LogP contribution in [0.3, 0.4) is 0 Å². The van der Waals surface area contributed by atoms with Gasteiger partial charge in [0.25, 0.3) is 0 Å². The zero-order valence-corrected chi connectivity index (χ0v) is 13.6. The summed E-state index contributed by atoms with van der Waals surface area (Å²) in [6.07, 6.45) is 11.0. The maximum atomic E-state index is 12.8. The number of hydrogen-bond acceptors (Lipinski definition) is 5. The third-order valence-electron chi connectivity index (χ3n) is 4.34. The van der Waals surface area contributed by atoms with Gasteiger partial charge < -0.3 is 4.57 Å². The molecule has 1 aliphatic carbocycles. The van der Waals surface area contributed by atoms with Crippen LogP contribution in [-0.4, -0.2) is 22.7 Å². The molecule has 0 unspecified atom stereocenters. The van der Waals surface area contributed by atoms with Crippen LogP contribution in [0.15, 0.2) is 24.5 Å². The van der Waals surface area contributed by atoms with E-state index in [2.05, 4.69) is 30.8 Å². The van der Waals surface area contributed by atoms with Gasteiger partial charge in [-0.15, -0.1) is 0 Å². The number of nitrogens with zero attached hydrogens (tertiary/aromatic N) is 1. The standard InChI is InChI=1S/C15H23NO.2CO2/c1-3-13(4-2)14(17)15(9-5-6-10-15)16-11-7-8-12-16;2*2-1-3/h7-8,11-13H,3-6,9-10H2,1-2H3;;. The van der Waals surface area contributed by atoms with E-state index in [1.54, 1.807) is 0 Å². The molecule has 1 aromatic rings. The molecule has 2 rings (SSSR count). The molecular formula is C17H23NO5. The van der Waals surface area contributed by atoms with Gasteiger partial charge in [-0.2, -0.15) is 19.2 Å². The molecule has 0 amide bonds. The number of carbonyl (C=O) groups excluding carboxylic acids is 5. The molecule has 6 heteroatoms. The van der Waals surface area contributed by atoms with Crippen molar-refractivity contribution < 1.29 is 24.0 Å². The van der Waals surface area contributed by atoms with Crippen molar-refractivity contribution in [1.29, 1.82) is 0 Å². The summed E-state index contributed by atoms with van der Waals surface area (Å²) in [6.45, 7) is 4.26. The first-order valence-electron chi connectivity index (χ1n) is 7.74. The number of aromatic nitrogens is 1. The van der Waals surface area contributed by atoms with Gasteiger partial charge in [0.05, 0.1) is 0 Å². The Labute approximate surface area is 135 Å². The summed E-state index contributed by atoms with van der Waals surface area (Å²) >= 11 is 0. The van der Waals surface area contributed by atoms with Crippen LogP contribution in [0, 0.1) is 5.92 Å². The van der Waals surface area contributed by atoms with Crippen LogP contribution in [0.2, 0.25) is 0 Å². The Bertz CT molecular complexity index is 501. The highest BCUT2D eigenvalue weighted by atomic mass is 16.2. The topological polar surface area (TPSA) is 90.3 Å². The van der Waals surface area contributed by atoms with E-state index in [0.29, 0.717) is 5.78 Å². The van der Waals surface area contributed by atoms with Gasteiger partial charge in [-0.1, -0.05) is 26.7 Å². The maximum Gasteiger partial charge on any atom is 0.373 e. The smallest absolute Gasteiger partial charge is 0.341 e. The summed E-state index contributed by atoms with van der Waals surface area (Å²) in [6, 6.07) is 4.06. The minimum Gasteiger partial charge on any atom is -0.341 e. The molecule has 0 N–H and O–H groups in total. The molecule has 0 spiro atoms. The van der Waals surface area contributed by atoms with Crippen LogP contribution in [0.4, 0.5) is 0 Å². The van der Waals surface area contributed by atoms with Crippen LogP contribution < -0.4 is 0 Å². The van der Waals surface area contributed by atoms with Crippen LogP contribution in [0.5, 0.6) is 0 Å². The first kappa shape index (κ1) is 20.7. The third kappa shape index (κ3) is 5.44. The molecule has 1 heterocycles. The summed E-state index contributed by atoms with van der Waals surface area (Å²) in [5, 5.41) is 0. The van der Waals surface area contributed by atoms with Gasteiger partial charge in [0.1, 0.15) is 5.54 Å². The number of rotatable bonds is 5. The highest BCUT2D eigenvalue weighted by Gasteiger charge is 2.43. The number of ketones is 1. The SMILES string of the molecule is CCC(CC)C(=O)C1(n2cccc2)CCCC1.O=C=O.O=C=O. The second kappa shape index (κ2) is 11.3. The van der Waals surface area contributed by atoms with Crippen molar-refractivity contribution in [2.75, 3.05) is 0 Å². The van der Waals surface area contributed by atoms with Crippen molar-refractivity contribution in [2.24, 2.45) is 5.92 Å². The van der Waals surface area contributed by atoms with E-state index >= 15 is 0 Å². The predicted molar refractivity (Wildman–Crippen MR) is 80.0 cm³/mol. The van der Waals surface area contributed by atoms with Gasteiger partial charge in [0.2, 0.25) is 0 Å². The molecule has 1 saturated carbocycles. The summed E-state index contributed by atoms with van der Waals surface area (Å²) in [4.78, 5) is 45.3. The van der Waals surface area contributed by atoms with Crippen LogP contribution in [-0.2, 0) is 29.5 Å². The fraction of sp³-hybridized carbons (Fsp3) is 0.588. The van der Waals surface area contributed by atoms with Gasteiger partial charge in [-0.25, -0.2) is 0 Å². The Kier molecular flexibility index (Phi) is 10.2. The Hall–Kier alpha value is -2.29. The van der Waals surface area contributed by atoms with Gasteiger partial charge in [0, 0.05) is 18.3 Å². The van der Waals surface area contributed by atoms with Gasteiger partial charge in [-0.05, 0) is 37.8 Å². The number of Topliss-reactive ketones (excluding diaryl/α,β-unsaturated/α-hetero) is 1. The van der Waals surface area contributed by atoms with Gasteiger partial charge >= 0.3 is 12.3 Å². The Morgan fingerprint density at radius 2 is 1.39 bits per heavy atom. The first-order chi connectivity index (χ1) is 11.1. The molecular weight excluding hydrogens is 298 g/mol. The number of carbonyl (C=O) groups is 1. The Morgan fingerprint density at radius 3 is 1.74 bits per heavy atom. The second-order valence-corrected chi connectivity index (χ2v) is 5.37. The lowest BCUT2D eigenvalue weighted by Crippen LogP contribution is -2.42. The van der Waals surface area contributed by atoms with Crippen molar-refractivity contribution in [3.05, 3.63) is 24.5 Å². The fourth-order valence-electron chi connectivity index (χ4n) is 3.25. The molecule has 126 valence electrons. The van der Waals surface area contributed by atoms with Crippen LogP contribution >= 0.6 is 0 Å². The summed E-state index contributed by atoms with van der Waals surface area (Å²) in [5.74, 6) is 0.701. The zero-order valence-electron chi connectivity index (χ0n) is 13.6. The van der Waals surface area contributed by atoms with E-state index in [0.717, 1.165) is 25.7 Å². The van der Waals surface area contributed by atoms with E-state index in [-0.39, 0.29) is 23.8 Å². The van der Waals surface area contributed by atoms with Gasteiger partial charge in [-0.3, -0.25) is 4.79 Å². The lowest BCUT2D eigenvalue weighted by atomic mass is 9.81. The van der Waals surface area contributed by atoms with Crippen molar-refractivity contribution in [3.63, 3.8) is 0 Å². The summed E-state index contributed by atoms with van der Waals surface area (Å²) in [7, 11) is 0. The molecule has 0 aromatic carbocycles. The predicted octanol–water partition coefficient (Wildman–Crippen LogP) is 2.60. The largest absolute Gasteiger partial charge is 0.373 e. The molecule has 0 saturated heterocycles. The Balaban J connectivity index is 0.000000704. The molecule has 6 nitrogen and oxygen atoms in total. The molecule has 1 fully saturated rings. The van der Waals surface area contributed by atoms with E-state index in [4.69, 9.17) is 19.2 Å². The quantitative estimate of drug-likeness (QED) is 0.831. The summed E-state index contributed by atoms with van der Waals surface area (Å²) in [5.41, 5.74) is -0.222. The molecule has 0 radical (unpaired) electrons. The third-order valence-corrected chi connectivity index (χ3v) is 4.34. The lowest BCUT2D eigenvalue weighted by Gasteiger charge is -2.33. The molecule has 0 bridgehead atoms. The van der Waals surface area contributed by atoms with Crippen molar-refractivity contribution in [2.45, 2.75) is 57.9 Å². The monoisotopic (exact) mass is 321 g/mol. The average Bonchev–Trinajstić information content (AvgIpc) is 3.22. The lowest BCUT2D eigenvalue weighted by molar-refractivity contribution is -0.193. The highest BCUT2D eigenvalue weighted by Crippen LogP contribution is 2.40. The molecule has 0 atom stereocenters. The van der Waals surface area contributed by atoms with E-state index < -0.39 is 0 Å². The fourth-order valence-corrected chi connectivity index (χ4v) is 3.25. The maximum absolute atomic E-state index is 12.8. The molecule has 0 aliphatic heterocycles. The minimum atomic E-state index is -0.222. The van der Waals surface area contributed by atoms with Crippen LogP contribution in [0.1, 0.15) is 52.4 Å². The normalized spacial score (nSPS) is 14.6. The van der Waals surface area contributed by atoms with E-state index in [1.165, 1.54) is 12.8 Å². The van der Waals surface area contributed by atoms with Crippen molar-refractivity contribution in [1.82, 2.24) is 4.57 Å². The highest BCUT2D eigenvalue weighted by molar-refractivity contribution is 5.89. The second-order valence-electron chi connectivity index (χ2n) is 5.37. The zero-order chi connectivity index (χ0) is 17.7. The van der Waals surface area contributed by atoms with Crippen LogP contribution in [0.25, 0.3) is 0 Å². The van der Waals surface area contributed by atoms with E-state index in [9.17, 15) is 4.79 Å². The Morgan fingerprint density at radius 1 is 1.00 bits per heavy atom. The average molecular weight is 321 g/mol. The van der Waals surface area contributed by atoms with Crippen molar-refractivity contribution >= 4 is 18.1 Å². The number of hydrogen-bond donors (Lipinski definition) is 0. The minimum absolute atomic E-state index is 0.222. The summed E-state index contributed by atoms with van der Waals surface area (Å²) < 4.78 is 2.17. The van der Waals surface area contributed by atoms with E-state index in [1.807, 2.05) is 12.1 Å². The van der Waals surface area contributed by atoms with Crippen molar-refractivity contribution in [3.8, 4) is 0 Å².